The van der Waals surface area contributed by atoms with Gasteiger partial charge in [-0.1, -0.05) is 161 Å². The van der Waals surface area contributed by atoms with Crippen LogP contribution in [0.1, 0.15) is 136 Å². The third-order valence-electron chi connectivity index (χ3n) is 13.4. The highest BCUT2D eigenvalue weighted by atomic mass is 32.1. The Morgan fingerprint density at radius 3 is 2.02 bits per heavy atom. The van der Waals surface area contributed by atoms with E-state index in [1.54, 1.807) is 0 Å². The van der Waals surface area contributed by atoms with E-state index in [1.807, 2.05) is 0 Å². The number of hydrogen-bond donors (Lipinski definition) is 1. The molecule has 1 heterocycles. The minimum absolute atomic E-state index is 0.110. The lowest BCUT2D eigenvalue weighted by molar-refractivity contribution is -0.197. The van der Waals surface area contributed by atoms with Crippen LogP contribution in [0, 0.1) is 5.92 Å². The lowest BCUT2D eigenvalue weighted by Gasteiger charge is -2.35. The van der Waals surface area contributed by atoms with Crippen LogP contribution in [0.3, 0.4) is 0 Å². The molecule has 0 aromatic heterocycles. The van der Waals surface area contributed by atoms with Gasteiger partial charge in [0, 0.05) is 44.3 Å². The highest BCUT2D eigenvalue weighted by Crippen LogP contribution is 2.48. The average molecular weight is 862 g/mol. The van der Waals surface area contributed by atoms with E-state index in [9.17, 15) is 14.4 Å². The number of imide groups is 1. The van der Waals surface area contributed by atoms with E-state index >= 15 is 0 Å². The van der Waals surface area contributed by atoms with Crippen molar-refractivity contribution in [3.05, 3.63) is 131 Å². The predicted molar refractivity (Wildman–Crippen MR) is 262 cm³/mol. The molecule has 2 amide bonds. The topological polar surface area (TPSA) is 72.9 Å². The molecule has 1 saturated heterocycles. The summed E-state index contributed by atoms with van der Waals surface area (Å²) >= 11 is 4.28. The molecule has 0 saturated carbocycles. The van der Waals surface area contributed by atoms with Gasteiger partial charge in [-0.25, -0.2) is 4.79 Å². The summed E-state index contributed by atoms with van der Waals surface area (Å²) < 4.78 is 5.93. The largest absolute Gasteiger partial charge is 0.381 e. The van der Waals surface area contributed by atoms with E-state index in [0.717, 1.165) is 38.2 Å². The molecule has 0 spiro atoms. The quantitative estimate of drug-likeness (QED) is 0.0325. The number of carbonyl (C=O) groups excluding carboxylic acids is 3. The Balaban J connectivity index is 0.000000175. The van der Waals surface area contributed by atoms with Gasteiger partial charge in [0.15, 0.2) is 0 Å². The predicted octanol–water partition coefficient (Wildman–Crippen LogP) is 13.6. The first-order valence-electron chi connectivity index (χ1n) is 23.8. The summed E-state index contributed by atoms with van der Waals surface area (Å²) in [6.07, 6.45) is 34.2. The SMILES string of the molecule is O=C(CCCc1ccc2c3c1C=CC1C=CC=C(C=C2)C31)ON1C(=O)CCC1=O.SCCCCCCCCCCCCOCCCCc1ccc2ccc3cccc4ccc1c2c34. The maximum absolute atomic E-state index is 12.1. The number of nitrogens with zero attached hydrogens (tertiary/aromatic N) is 1. The maximum atomic E-state index is 12.1. The third-order valence-corrected chi connectivity index (χ3v) is 13.7. The molecule has 2 atom stereocenters. The number of unbranched alkanes of at least 4 members (excludes halogenated alkanes) is 10. The Morgan fingerprint density at radius 1 is 0.635 bits per heavy atom. The lowest BCUT2D eigenvalue weighted by atomic mass is 9.68. The monoisotopic (exact) mass is 861 g/mol. The molecule has 1 aliphatic heterocycles. The van der Waals surface area contributed by atoms with Crippen molar-refractivity contribution < 1.29 is 24.0 Å². The number of hydrogen-bond acceptors (Lipinski definition) is 6. The number of carbonyl (C=O) groups is 3. The van der Waals surface area contributed by atoms with Gasteiger partial charge in [-0.2, -0.15) is 12.6 Å². The van der Waals surface area contributed by atoms with Gasteiger partial charge in [-0.05, 0) is 116 Å². The summed E-state index contributed by atoms with van der Waals surface area (Å²) in [6.45, 7) is 1.83. The van der Waals surface area contributed by atoms with Crippen molar-refractivity contribution in [3.8, 4) is 0 Å². The normalized spacial score (nSPS) is 17.2. The Morgan fingerprint density at radius 2 is 1.27 bits per heavy atom. The van der Waals surface area contributed by atoms with E-state index in [0.29, 0.717) is 23.3 Å². The number of rotatable bonds is 22. The second-order valence-electron chi connectivity index (χ2n) is 17.7. The number of amides is 2. The summed E-state index contributed by atoms with van der Waals surface area (Å²) in [5.41, 5.74) is 7.94. The fourth-order valence-corrected chi connectivity index (χ4v) is 10.2. The fraction of sp³-hybridized carbons (Fsp3) is 0.411. The molecule has 63 heavy (non-hydrogen) atoms. The van der Waals surface area contributed by atoms with E-state index in [2.05, 4.69) is 122 Å². The van der Waals surface area contributed by atoms with Gasteiger partial charge in [0.25, 0.3) is 11.8 Å². The number of hydroxylamine groups is 2. The van der Waals surface area contributed by atoms with Crippen LogP contribution in [0.2, 0.25) is 0 Å². The molecular formula is C56H63NO5S. The number of allylic oxidation sites excluding steroid dienone is 6. The number of ether oxygens (including phenoxy) is 1. The molecule has 6 nitrogen and oxygen atoms in total. The summed E-state index contributed by atoms with van der Waals surface area (Å²) in [5.74, 6) is 0.385. The molecule has 0 bridgehead atoms. The fourth-order valence-electron chi connectivity index (χ4n) is 10.0. The van der Waals surface area contributed by atoms with Gasteiger partial charge in [0.05, 0.1) is 0 Å². The average Bonchev–Trinajstić information content (AvgIpc) is 3.62. The van der Waals surface area contributed by atoms with Crippen LogP contribution in [0.5, 0.6) is 0 Å². The molecule has 2 unspecified atom stereocenters. The van der Waals surface area contributed by atoms with Crippen LogP contribution in [0.25, 0.3) is 44.5 Å². The first kappa shape index (κ1) is 44.6. The van der Waals surface area contributed by atoms with Crippen molar-refractivity contribution >= 4 is 74.9 Å². The summed E-state index contributed by atoms with van der Waals surface area (Å²) in [4.78, 5) is 40.1. The smallest absolute Gasteiger partial charge is 0.333 e. The zero-order chi connectivity index (χ0) is 43.4. The van der Waals surface area contributed by atoms with E-state index in [-0.39, 0.29) is 19.3 Å². The van der Waals surface area contributed by atoms with E-state index in [1.165, 1.54) is 136 Å². The highest BCUT2D eigenvalue weighted by Gasteiger charge is 2.34. The Kier molecular flexibility index (Phi) is 15.6. The van der Waals surface area contributed by atoms with Gasteiger partial charge in [-0.3, -0.25) is 9.59 Å². The molecule has 5 aromatic carbocycles. The van der Waals surface area contributed by atoms with E-state index < -0.39 is 17.8 Å². The highest BCUT2D eigenvalue weighted by molar-refractivity contribution is 7.80. The van der Waals surface area contributed by atoms with Gasteiger partial charge < -0.3 is 9.57 Å². The molecule has 4 aliphatic rings. The van der Waals surface area contributed by atoms with Gasteiger partial charge in [0.1, 0.15) is 0 Å². The summed E-state index contributed by atoms with van der Waals surface area (Å²) in [5, 5.41) is 8.97. The van der Waals surface area contributed by atoms with Gasteiger partial charge >= 0.3 is 5.97 Å². The van der Waals surface area contributed by atoms with Crippen LogP contribution in [-0.2, 0) is 36.8 Å². The van der Waals surface area contributed by atoms with Crippen molar-refractivity contribution in [1.29, 1.82) is 0 Å². The molecule has 0 N–H and O–H groups in total. The van der Waals surface area contributed by atoms with Crippen LogP contribution < -0.4 is 0 Å². The van der Waals surface area contributed by atoms with Crippen LogP contribution >= 0.6 is 12.6 Å². The van der Waals surface area contributed by atoms with Crippen LogP contribution in [0.4, 0.5) is 0 Å². The maximum Gasteiger partial charge on any atom is 0.333 e. The van der Waals surface area contributed by atoms with Gasteiger partial charge in [-0.15, -0.1) is 5.06 Å². The second kappa shape index (κ2) is 22.1. The molecule has 1 fully saturated rings. The first-order valence-corrected chi connectivity index (χ1v) is 24.4. The van der Waals surface area contributed by atoms with Crippen molar-refractivity contribution in [3.63, 3.8) is 0 Å². The van der Waals surface area contributed by atoms with Crippen molar-refractivity contribution in [2.75, 3.05) is 19.0 Å². The van der Waals surface area contributed by atoms with Crippen LogP contribution in [-0.4, -0.2) is 41.8 Å². The number of thiol groups is 1. The van der Waals surface area contributed by atoms with E-state index in [4.69, 9.17) is 9.57 Å². The van der Waals surface area contributed by atoms with Crippen LogP contribution in [0.15, 0.2) is 103 Å². The number of aryl methyl sites for hydroxylation is 2. The molecule has 9 rings (SSSR count). The standard InChI is InChI=1S/C32H42OS.C24H21NO4/c34-25-12-8-6-4-2-1-3-5-7-10-23-33-24-11-9-14-26-17-18-29-20-19-27-15-13-16-28-21-22-30(26)32(29)31(27)28;26-20-13-14-21(27)25(20)29-22(28)6-2-3-15-7-8-18-10-9-16-4-1-5-17-11-12-19(15)24(18)23(16)17/h13,15-22,34H,1-12,14,23-25H2;1,4-5,7-12,17,23H,2-3,6,13-14H2. The zero-order valence-electron chi connectivity index (χ0n) is 36.8. The lowest BCUT2D eigenvalue weighted by Crippen LogP contribution is -2.32. The zero-order valence-corrected chi connectivity index (χ0v) is 37.7. The second-order valence-corrected chi connectivity index (χ2v) is 18.2. The molecule has 328 valence electrons. The van der Waals surface area contributed by atoms with Crippen molar-refractivity contribution in [2.45, 2.75) is 121 Å². The molecule has 7 heteroatoms. The third kappa shape index (κ3) is 10.9. The molecule has 5 aromatic rings. The van der Waals surface area contributed by atoms with Crippen molar-refractivity contribution in [1.82, 2.24) is 5.06 Å². The Hall–Kier alpha value is -4.98. The van der Waals surface area contributed by atoms with Gasteiger partial charge in [0.2, 0.25) is 0 Å². The minimum atomic E-state index is -0.540. The first-order chi connectivity index (χ1) is 31.0. The number of benzene rings is 5. The Labute approximate surface area is 379 Å². The molecule has 3 aliphatic carbocycles. The summed E-state index contributed by atoms with van der Waals surface area (Å²) in [6, 6.07) is 24.7. The molecular weight excluding hydrogens is 799 g/mol. The Bertz CT molecular complexity index is 2480. The summed E-state index contributed by atoms with van der Waals surface area (Å²) in [7, 11) is 0. The molecule has 0 radical (unpaired) electrons. The van der Waals surface area contributed by atoms with Crippen molar-refractivity contribution in [2.24, 2.45) is 5.92 Å². The minimum Gasteiger partial charge on any atom is -0.381 e.